The lowest BCUT2D eigenvalue weighted by Crippen LogP contribution is -3.16. The fourth-order valence-electron chi connectivity index (χ4n) is 4.48. The lowest BCUT2D eigenvalue weighted by Gasteiger charge is -2.35. The predicted octanol–water partition coefficient (Wildman–Crippen LogP) is 3.42. The van der Waals surface area contributed by atoms with Gasteiger partial charge in [0.15, 0.2) is 6.67 Å². The summed E-state index contributed by atoms with van der Waals surface area (Å²) in [5.41, 5.74) is 3.38. The van der Waals surface area contributed by atoms with Crippen molar-refractivity contribution in [3.63, 3.8) is 0 Å². The molecular weight excluding hydrogens is 457 g/mol. The number of alkyl halides is 3. The minimum Gasteiger partial charge on any atom is -0.406 e. The quantitative estimate of drug-likeness (QED) is 0.608. The number of rotatable bonds is 5. The number of nitrogens with one attached hydrogen (secondary N) is 1. The minimum absolute atomic E-state index is 0.209. The number of carbonyl (C=O) groups excluding carboxylic acids is 1. The van der Waals surface area contributed by atoms with Crippen molar-refractivity contribution in [2.24, 2.45) is 4.99 Å². The van der Waals surface area contributed by atoms with Crippen molar-refractivity contribution >= 4 is 28.7 Å². The zero-order chi connectivity index (χ0) is 24.4. The second-order valence-corrected chi connectivity index (χ2v) is 8.48. The van der Waals surface area contributed by atoms with E-state index in [0.29, 0.717) is 12.4 Å². The third kappa shape index (κ3) is 5.14. The van der Waals surface area contributed by atoms with Crippen LogP contribution in [-0.2, 0) is 4.79 Å². The van der Waals surface area contributed by atoms with Gasteiger partial charge in [-0.15, -0.1) is 13.2 Å². The third-order valence-electron chi connectivity index (χ3n) is 6.18. The number of quaternary nitrogens is 1. The Morgan fingerprint density at radius 3 is 2.23 bits per heavy atom. The Kier molecular flexibility index (Phi) is 6.17. The summed E-state index contributed by atoms with van der Waals surface area (Å²) in [5, 5.41) is 0. The molecule has 5 rings (SSSR count). The van der Waals surface area contributed by atoms with Gasteiger partial charge in [0.05, 0.1) is 37.6 Å². The molecule has 180 valence electrons. The summed E-state index contributed by atoms with van der Waals surface area (Å²) >= 11 is 0. The SMILES string of the molecule is O=C1C(=Nc2ccc(OC(F)(F)F)cc2)c2ccccc2N1C[NH+]1CCN(c2ccccc2)CC1. The fraction of sp³-hybridized carbons (Fsp3) is 0.231. The molecule has 1 amide bonds. The Morgan fingerprint density at radius 2 is 1.54 bits per heavy atom. The number of carbonyl (C=O) groups is 1. The van der Waals surface area contributed by atoms with E-state index >= 15 is 0 Å². The molecule has 2 aliphatic heterocycles. The molecule has 0 aliphatic carbocycles. The van der Waals surface area contributed by atoms with E-state index in [-0.39, 0.29) is 17.4 Å². The molecular formula is C26H24F3N4O2+. The largest absolute Gasteiger partial charge is 0.573 e. The van der Waals surface area contributed by atoms with Crippen LogP contribution in [0.3, 0.4) is 0 Å². The van der Waals surface area contributed by atoms with Gasteiger partial charge in [-0.3, -0.25) is 9.69 Å². The second-order valence-electron chi connectivity index (χ2n) is 8.48. The molecule has 0 saturated carbocycles. The summed E-state index contributed by atoms with van der Waals surface area (Å²) < 4.78 is 41.2. The highest BCUT2D eigenvalue weighted by molar-refractivity contribution is 6.54. The Balaban J connectivity index is 1.31. The maximum atomic E-state index is 13.4. The molecule has 3 aromatic carbocycles. The lowest BCUT2D eigenvalue weighted by atomic mass is 10.1. The van der Waals surface area contributed by atoms with Crippen LogP contribution in [0.15, 0.2) is 83.9 Å². The lowest BCUT2D eigenvalue weighted by molar-refractivity contribution is -0.899. The summed E-state index contributed by atoms with van der Waals surface area (Å²) in [6.07, 6.45) is -4.76. The average molecular weight is 481 g/mol. The van der Waals surface area contributed by atoms with Crippen LogP contribution in [0.4, 0.5) is 30.2 Å². The molecule has 0 radical (unpaired) electrons. The number of benzene rings is 3. The predicted molar refractivity (Wildman–Crippen MR) is 127 cm³/mol. The maximum absolute atomic E-state index is 13.4. The van der Waals surface area contributed by atoms with Gasteiger partial charge in [0.25, 0.3) is 5.91 Å². The van der Waals surface area contributed by atoms with Crippen LogP contribution < -0.4 is 19.4 Å². The molecule has 9 heteroatoms. The molecule has 0 unspecified atom stereocenters. The smallest absolute Gasteiger partial charge is 0.406 e. The second kappa shape index (κ2) is 9.42. The molecule has 6 nitrogen and oxygen atoms in total. The van der Waals surface area contributed by atoms with Crippen LogP contribution >= 0.6 is 0 Å². The molecule has 2 heterocycles. The third-order valence-corrected chi connectivity index (χ3v) is 6.18. The van der Waals surface area contributed by atoms with Crippen LogP contribution in [0, 0.1) is 0 Å². The number of halogens is 3. The first-order valence-electron chi connectivity index (χ1n) is 11.4. The van der Waals surface area contributed by atoms with E-state index in [1.54, 1.807) is 4.90 Å². The maximum Gasteiger partial charge on any atom is 0.573 e. The number of aliphatic imine (C=N–C) groups is 1. The molecule has 3 aromatic rings. The summed E-state index contributed by atoms with van der Waals surface area (Å²) in [6.45, 7) is 4.12. The van der Waals surface area contributed by atoms with Gasteiger partial charge in [0.1, 0.15) is 11.5 Å². The number of amides is 1. The van der Waals surface area contributed by atoms with Gasteiger partial charge in [-0.1, -0.05) is 36.4 Å². The van der Waals surface area contributed by atoms with Crippen LogP contribution in [0.5, 0.6) is 5.75 Å². The fourth-order valence-corrected chi connectivity index (χ4v) is 4.48. The number of hydrogen-bond donors (Lipinski definition) is 1. The molecule has 1 N–H and O–H groups in total. The number of fused-ring (bicyclic) bond motifs is 1. The Labute approximate surface area is 200 Å². The average Bonchev–Trinajstić information content (AvgIpc) is 3.11. The van der Waals surface area contributed by atoms with Crippen molar-refractivity contribution in [3.05, 3.63) is 84.4 Å². The van der Waals surface area contributed by atoms with Crippen molar-refractivity contribution in [1.29, 1.82) is 0 Å². The highest BCUT2D eigenvalue weighted by Gasteiger charge is 2.37. The first-order chi connectivity index (χ1) is 16.9. The normalized spacial score (nSPS) is 17.7. The number of anilines is 2. The highest BCUT2D eigenvalue weighted by atomic mass is 19.4. The molecule has 0 bridgehead atoms. The van der Waals surface area contributed by atoms with E-state index in [1.165, 1.54) is 34.9 Å². The number of ether oxygens (including phenoxy) is 1. The van der Waals surface area contributed by atoms with E-state index in [2.05, 4.69) is 26.8 Å². The van der Waals surface area contributed by atoms with E-state index < -0.39 is 6.36 Å². The van der Waals surface area contributed by atoms with Crippen molar-refractivity contribution in [3.8, 4) is 5.75 Å². The monoisotopic (exact) mass is 481 g/mol. The molecule has 0 aromatic heterocycles. The zero-order valence-electron chi connectivity index (χ0n) is 18.8. The Morgan fingerprint density at radius 1 is 0.886 bits per heavy atom. The van der Waals surface area contributed by atoms with Crippen molar-refractivity contribution in [2.45, 2.75) is 6.36 Å². The molecule has 1 fully saturated rings. The first kappa shape index (κ1) is 22.9. The zero-order valence-corrected chi connectivity index (χ0v) is 18.8. The molecule has 1 saturated heterocycles. The van der Waals surface area contributed by atoms with Gasteiger partial charge in [0, 0.05) is 11.3 Å². The van der Waals surface area contributed by atoms with Gasteiger partial charge >= 0.3 is 6.36 Å². The minimum atomic E-state index is -4.76. The summed E-state index contributed by atoms with van der Waals surface area (Å²) in [6, 6.07) is 22.9. The summed E-state index contributed by atoms with van der Waals surface area (Å²) in [5.74, 6) is -0.542. The van der Waals surface area contributed by atoms with Gasteiger partial charge in [-0.2, -0.15) is 0 Å². The standard InChI is InChI=1S/C26H23F3N4O2/c27-26(28,29)35-21-12-10-19(11-13-21)30-24-22-8-4-5-9-23(22)33(25(24)34)18-31-14-16-32(17-15-31)20-6-2-1-3-7-20/h1-13H,14-18H2/p+1. The number of hydrogen-bond acceptors (Lipinski definition) is 4. The van der Waals surface area contributed by atoms with E-state index in [4.69, 9.17) is 0 Å². The van der Waals surface area contributed by atoms with Gasteiger partial charge < -0.3 is 14.5 Å². The summed E-state index contributed by atoms with van der Waals surface area (Å²) in [4.78, 5) is 23.3. The van der Waals surface area contributed by atoms with E-state index in [0.717, 1.165) is 37.4 Å². The van der Waals surface area contributed by atoms with Crippen LogP contribution in [0.1, 0.15) is 5.56 Å². The number of piperazine rings is 1. The topological polar surface area (TPSA) is 49.6 Å². The van der Waals surface area contributed by atoms with E-state index in [9.17, 15) is 18.0 Å². The highest BCUT2D eigenvalue weighted by Crippen LogP contribution is 2.31. The molecule has 0 spiro atoms. The van der Waals surface area contributed by atoms with Crippen molar-refractivity contribution in [1.82, 2.24) is 0 Å². The Bertz CT molecular complexity index is 1220. The molecule has 2 aliphatic rings. The van der Waals surface area contributed by atoms with Crippen LogP contribution in [-0.4, -0.2) is 50.8 Å². The van der Waals surface area contributed by atoms with E-state index in [1.807, 2.05) is 42.5 Å². The van der Waals surface area contributed by atoms with Crippen LogP contribution in [0.25, 0.3) is 0 Å². The van der Waals surface area contributed by atoms with Gasteiger partial charge in [-0.05, 0) is 42.5 Å². The number of nitrogens with zero attached hydrogens (tertiary/aromatic N) is 3. The Hall–Kier alpha value is -3.85. The summed E-state index contributed by atoms with van der Waals surface area (Å²) in [7, 11) is 0. The molecule has 0 atom stereocenters. The van der Waals surface area contributed by atoms with Gasteiger partial charge in [-0.25, -0.2) is 4.99 Å². The van der Waals surface area contributed by atoms with Gasteiger partial charge in [0.2, 0.25) is 0 Å². The van der Waals surface area contributed by atoms with Crippen molar-refractivity contribution < 1.29 is 27.6 Å². The first-order valence-corrected chi connectivity index (χ1v) is 11.4. The molecule has 35 heavy (non-hydrogen) atoms. The number of para-hydroxylation sites is 2. The van der Waals surface area contributed by atoms with Crippen LogP contribution in [0.2, 0.25) is 0 Å². The van der Waals surface area contributed by atoms with Crippen molar-refractivity contribution in [2.75, 3.05) is 42.6 Å².